The van der Waals surface area contributed by atoms with Gasteiger partial charge < -0.3 is 14.9 Å². The standard InChI is InChI=1S/C22H25N3O4/c1-2-6-19-24-21(29-25-19)10-5-9-20(26)23-18(14-22(27)28)17-12-11-15-7-3-4-8-16(15)13-17/h3-4,7-8,11-13,18H,2,5-6,9-10,14H2,1H3,(H,23,26)(H,27,28)/t18-/m0/s1. The first-order valence-corrected chi connectivity index (χ1v) is 9.86. The third-order valence-corrected chi connectivity index (χ3v) is 4.67. The molecule has 3 rings (SSSR count). The third kappa shape index (κ3) is 5.88. The summed E-state index contributed by atoms with van der Waals surface area (Å²) in [6, 6.07) is 13.0. The highest BCUT2D eigenvalue weighted by molar-refractivity contribution is 5.84. The molecule has 1 heterocycles. The maximum absolute atomic E-state index is 12.4. The minimum absolute atomic E-state index is 0.173. The molecule has 1 aromatic heterocycles. The first kappa shape index (κ1) is 20.5. The number of carbonyl (C=O) groups excluding carboxylic acids is 1. The molecule has 152 valence electrons. The molecule has 29 heavy (non-hydrogen) atoms. The minimum Gasteiger partial charge on any atom is -0.481 e. The molecule has 0 spiro atoms. The van der Waals surface area contributed by atoms with Crippen molar-refractivity contribution in [2.24, 2.45) is 0 Å². The van der Waals surface area contributed by atoms with Gasteiger partial charge in [0.25, 0.3) is 0 Å². The molecule has 0 bridgehead atoms. The van der Waals surface area contributed by atoms with Gasteiger partial charge in [-0.15, -0.1) is 0 Å². The van der Waals surface area contributed by atoms with Crippen molar-refractivity contribution in [1.29, 1.82) is 0 Å². The number of amides is 1. The summed E-state index contributed by atoms with van der Waals surface area (Å²) in [5.74, 6) is 0.0538. The molecule has 0 aliphatic heterocycles. The third-order valence-electron chi connectivity index (χ3n) is 4.67. The summed E-state index contributed by atoms with van der Waals surface area (Å²) in [5.41, 5.74) is 0.778. The summed E-state index contributed by atoms with van der Waals surface area (Å²) in [6.07, 6.45) is 2.87. The van der Waals surface area contributed by atoms with Gasteiger partial charge in [0.1, 0.15) is 0 Å². The fourth-order valence-corrected chi connectivity index (χ4v) is 3.23. The van der Waals surface area contributed by atoms with Gasteiger partial charge >= 0.3 is 5.97 Å². The summed E-state index contributed by atoms with van der Waals surface area (Å²) in [5, 5.41) is 18.1. The van der Waals surface area contributed by atoms with Gasteiger partial charge in [0.15, 0.2) is 5.82 Å². The molecule has 7 nitrogen and oxygen atoms in total. The lowest BCUT2D eigenvalue weighted by atomic mass is 9.99. The molecule has 1 atom stereocenters. The van der Waals surface area contributed by atoms with Crippen LogP contribution in [-0.2, 0) is 22.4 Å². The second kappa shape index (κ2) is 9.82. The highest BCUT2D eigenvalue weighted by Crippen LogP contribution is 2.23. The lowest BCUT2D eigenvalue weighted by Gasteiger charge is -2.18. The number of nitrogens with zero attached hydrogens (tertiary/aromatic N) is 2. The zero-order valence-electron chi connectivity index (χ0n) is 16.4. The second-order valence-corrected chi connectivity index (χ2v) is 7.03. The highest BCUT2D eigenvalue weighted by Gasteiger charge is 2.18. The monoisotopic (exact) mass is 395 g/mol. The normalized spacial score (nSPS) is 12.0. The number of nitrogens with one attached hydrogen (secondary N) is 1. The van der Waals surface area contributed by atoms with E-state index in [4.69, 9.17) is 4.52 Å². The lowest BCUT2D eigenvalue weighted by Crippen LogP contribution is -2.30. The predicted octanol–water partition coefficient (Wildman–Crippen LogP) is 3.83. The van der Waals surface area contributed by atoms with Gasteiger partial charge in [-0.05, 0) is 35.2 Å². The van der Waals surface area contributed by atoms with E-state index in [9.17, 15) is 14.7 Å². The molecule has 0 aliphatic rings. The van der Waals surface area contributed by atoms with E-state index in [1.165, 1.54) is 0 Å². The summed E-state index contributed by atoms with van der Waals surface area (Å²) in [6.45, 7) is 2.05. The second-order valence-electron chi connectivity index (χ2n) is 7.03. The van der Waals surface area contributed by atoms with Crippen molar-refractivity contribution in [2.75, 3.05) is 0 Å². The lowest BCUT2D eigenvalue weighted by molar-refractivity contribution is -0.137. The molecule has 3 aromatic rings. The number of aliphatic carboxylic acids is 1. The molecular weight excluding hydrogens is 370 g/mol. The number of hydrogen-bond acceptors (Lipinski definition) is 5. The van der Waals surface area contributed by atoms with E-state index in [1.54, 1.807) is 0 Å². The Bertz CT molecular complexity index is 983. The van der Waals surface area contributed by atoms with Crippen molar-refractivity contribution in [3.05, 3.63) is 59.7 Å². The summed E-state index contributed by atoms with van der Waals surface area (Å²) in [4.78, 5) is 28.0. The van der Waals surface area contributed by atoms with Gasteiger partial charge in [-0.2, -0.15) is 4.98 Å². The largest absolute Gasteiger partial charge is 0.481 e. The van der Waals surface area contributed by atoms with Gasteiger partial charge in [-0.1, -0.05) is 48.5 Å². The van der Waals surface area contributed by atoms with Crippen molar-refractivity contribution >= 4 is 22.6 Å². The SMILES string of the molecule is CCCc1noc(CCCC(=O)N[C@@H](CC(=O)O)c2ccc3ccccc3c2)n1. The summed E-state index contributed by atoms with van der Waals surface area (Å²) >= 11 is 0. The number of aryl methyl sites for hydroxylation is 2. The van der Waals surface area contributed by atoms with Crippen molar-refractivity contribution in [3.63, 3.8) is 0 Å². The van der Waals surface area contributed by atoms with Gasteiger partial charge in [0.2, 0.25) is 11.8 Å². The van der Waals surface area contributed by atoms with Crippen LogP contribution in [0.5, 0.6) is 0 Å². The number of rotatable bonds is 10. The molecule has 2 N–H and O–H groups in total. The zero-order valence-corrected chi connectivity index (χ0v) is 16.4. The molecule has 0 unspecified atom stereocenters. The Balaban J connectivity index is 1.59. The number of benzene rings is 2. The van der Waals surface area contributed by atoms with Crippen LogP contribution in [0.25, 0.3) is 10.8 Å². The topological polar surface area (TPSA) is 105 Å². The maximum Gasteiger partial charge on any atom is 0.305 e. The zero-order chi connectivity index (χ0) is 20.6. The van der Waals surface area contributed by atoms with Crippen LogP contribution >= 0.6 is 0 Å². The number of carboxylic acid groups (broad SMARTS) is 1. The Labute approximate surface area is 169 Å². The number of hydrogen-bond donors (Lipinski definition) is 2. The van der Waals surface area contributed by atoms with E-state index >= 15 is 0 Å². The molecule has 0 saturated heterocycles. The van der Waals surface area contributed by atoms with Crippen LogP contribution in [0.2, 0.25) is 0 Å². The van der Waals surface area contributed by atoms with Crippen LogP contribution in [0, 0.1) is 0 Å². The van der Waals surface area contributed by atoms with Crippen LogP contribution in [0.4, 0.5) is 0 Å². The minimum atomic E-state index is -0.960. The molecule has 1 amide bonds. The fraction of sp³-hybridized carbons (Fsp3) is 0.364. The highest BCUT2D eigenvalue weighted by atomic mass is 16.5. The molecule has 2 aromatic carbocycles. The molecule has 0 radical (unpaired) electrons. The predicted molar refractivity (Wildman–Crippen MR) is 108 cm³/mol. The average Bonchev–Trinajstić information content (AvgIpc) is 3.14. The number of aromatic nitrogens is 2. The maximum atomic E-state index is 12.4. The van der Waals surface area contributed by atoms with E-state index in [2.05, 4.69) is 15.5 Å². The van der Waals surface area contributed by atoms with Gasteiger partial charge in [0.05, 0.1) is 12.5 Å². The first-order chi connectivity index (χ1) is 14.0. The van der Waals surface area contributed by atoms with Crippen LogP contribution < -0.4 is 5.32 Å². The Morgan fingerprint density at radius 1 is 1.14 bits per heavy atom. The Hall–Kier alpha value is -3.22. The average molecular weight is 395 g/mol. The van der Waals surface area contributed by atoms with E-state index in [-0.39, 0.29) is 18.7 Å². The fourth-order valence-electron chi connectivity index (χ4n) is 3.23. The molecule has 0 fully saturated rings. The van der Waals surface area contributed by atoms with Crippen molar-refractivity contribution < 1.29 is 19.2 Å². The molecule has 0 aliphatic carbocycles. The van der Waals surface area contributed by atoms with E-state index in [1.807, 2.05) is 49.4 Å². The number of carboxylic acids is 1. The van der Waals surface area contributed by atoms with Crippen LogP contribution in [0.15, 0.2) is 47.0 Å². The van der Waals surface area contributed by atoms with Crippen molar-refractivity contribution in [2.45, 2.75) is 51.5 Å². The Morgan fingerprint density at radius 3 is 2.69 bits per heavy atom. The van der Waals surface area contributed by atoms with Gasteiger partial charge in [-0.25, -0.2) is 0 Å². The van der Waals surface area contributed by atoms with Gasteiger partial charge in [-0.3, -0.25) is 9.59 Å². The van der Waals surface area contributed by atoms with Crippen LogP contribution in [-0.4, -0.2) is 27.1 Å². The number of carbonyl (C=O) groups is 2. The van der Waals surface area contributed by atoms with E-state index in [0.29, 0.717) is 24.6 Å². The molecular formula is C22H25N3O4. The summed E-state index contributed by atoms with van der Waals surface area (Å²) in [7, 11) is 0. The number of fused-ring (bicyclic) bond motifs is 1. The van der Waals surface area contributed by atoms with Crippen molar-refractivity contribution in [1.82, 2.24) is 15.5 Å². The van der Waals surface area contributed by atoms with Crippen LogP contribution in [0.1, 0.15) is 55.9 Å². The molecule has 7 heteroatoms. The van der Waals surface area contributed by atoms with E-state index in [0.717, 1.165) is 29.2 Å². The molecule has 0 saturated carbocycles. The smallest absolute Gasteiger partial charge is 0.305 e. The Kier molecular flexibility index (Phi) is 6.94. The Morgan fingerprint density at radius 2 is 1.93 bits per heavy atom. The van der Waals surface area contributed by atoms with Crippen LogP contribution in [0.3, 0.4) is 0 Å². The van der Waals surface area contributed by atoms with E-state index < -0.39 is 12.0 Å². The quantitative estimate of drug-likeness (QED) is 0.540. The summed E-state index contributed by atoms with van der Waals surface area (Å²) < 4.78 is 5.17. The first-order valence-electron chi connectivity index (χ1n) is 9.86. The van der Waals surface area contributed by atoms with Gasteiger partial charge in [0, 0.05) is 19.3 Å². The van der Waals surface area contributed by atoms with Crippen molar-refractivity contribution in [3.8, 4) is 0 Å².